The Morgan fingerprint density at radius 1 is 1.07 bits per heavy atom. The summed E-state index contributed by atoms with van der Waals surface area (Å²) in [6.45, 7) is 2.60. The van der Waals surface area contributed by atoms with E-state index in [1.165, 1.54) is 26.2 Å². The Bertz CT molecular complexity index is 990. The molecule has 2 N–H and O–H groups in total. The lowest BCUT2D eigenvalue weighted by molar-refractivity contribution is -0.137. The molecule has 0 atom stereocenters. The third kappa shape index (κ3) is 6.20. The van der Waals surface area contributed by atoms with Crippen molar-refractivity contribution in [1.82, 2.24) is 14.9 Å². The van der Waals surface area contributed by atoms with E-state index in [0.29, 0.717) is 23.6 Å². The number of rotatable bonds is 7. The third-order valence-electron chi connectivity index (χ3n) is 4.20. The van der Waals surface area contributed by atoms with E-state index in [1.807, 2.05) is 6.92 Å². The van der Waals surface area contributed by atoms with Gasteiger partial charge >= 0.3 is 6.18 Å². The molecule has 2 aromatic rings. The second kappa shape index (κ2) is 9.94. The van der Waals surface area contributed by atoms with Gasteiger partial charge in [-0.15, -0.1) is 0 Å². The van der Waals surface area contributed by atoms with Gasteiger partial charge in [-0.05, 0) is 36.2 Å². The standard InChI is InChI=1S/C20H25F3N4O2S/c1-4-24-19(25-13-15-8-7-10-17(12-15)20(21,22)23)26-14-16-9-5-6-11-18(16)30(28,29)27(2)3/h5-12H,4,13-14H2,1-3H3,(H2,24,25,26). The monoisotopic (exact) mass is 442 g/mol. The smallest absolute Gasteiger partial charge is 0.357 e. The summed E-state index contributed by atoms with van der Waals surface area (Å²) >= 11 is 0. The van der Waals surface area contributed by atoms with Crippen LogP contribution >= 0.6 is 0 Å². The number of hydrogen-bond donors (Lipinski definition) is 2. The number of hydrogen-bond acceptors (Lipinski definition) is 3. The number of sulfonamides is 1. The molecule has 2 rings (SSSR count). The minimum atomic E-state index is -4.41. The second-order valence-corrected chi connectivity index (χ2v) is 8.76. The first kappa shape index (κ1) is 23.7. The van der Waals surface area contributed by atoms with Gasteiger partial charge < -0.3 is 10.6 Å². The molecule has 6 nitrogen and oxygen atoms in total. The highest BCUT2D eigenvalue weighted by atomic mass is 32.2. The molecule has 0 unspecified atom stereocenters. The van der Waals surface area contributed by atoms with Gasteiger partial charge in [0.05, 0.1) is 17.0 Å². The number of nitrogens with one attached hydrogen (secondary N) is 2. The lowest BCUT2D eigenvalue weighted by atomic mass is 10.1. The topological polar surface area (TPSA) is 73.8 Å². The first-order valence-corrected chi connectivity index (χ1v) is 10.7. The van der Waals surface area contributed by atoms with Gasteiger partial charge in [0.15, 0.2) is 5.96 Å². The largest absolute Gasteiger partial charge is 0.416 e. The average Bonchev–Trinajstić information content (AvgIpc) is 2.69. The summed E-state index contributed by atoms with van der Waals surface area (Å²) in [4.78, 5) is 4.49. The maximum atomic E-state index is 12.9. The molecule has 0 aromatic heterocycles. The van der Waals surface area contributed by atoms with Crippen molar-refractivity contribution in [3.05, 3.63) is 65.2 Å². The van der Waals surface area contributed by atoms with Gasteiger partial charge in [-0.1, -0.05) is 30.3 Å². The lowest BCUT2D eigenvalue weighted by Crippen LogP contribution is -2.37. The van der Waals surface area contributed by atoms with Crippen LogP contribution in [0.2, 0.25) is 0 Å². The van der Waals surface area contributed by atoms with Crippen molar-refractivity contribution < 1.29 is 21.6 Å². The highest BCUT2D eigenvalue weighted by Gasteiger charge is 2.30. The van der Waals surface area contributed by atoms with Crippen LogP contribution in [-0.4, -0.2) is 39.3 Å². The maximum absolute atomic E-state index is 12.9. The highest BCUT2D eigenvalue weighted by molar-refractivity contribution is 7.89. The summed E-state index contributed by atoms with van der Waals surface area (Å²) in [7, 11) is -0.698. The second-order valence-electron chi connectivity index (χ2n) is 6.64. The molecule has 2 aromatic carbocycles. The first-order valence-electron chi connectivity index (χ1n) is 9.24. The normalized spacial score (nSPS) is 12.8. The van der Waals surface area contributed by atoms with Crippen molar-refractivity contribution >= 4 is 16.0 Å². The van der Waals surface area contributed by atoms with E-state index in [1.54, 1.807) is 24.3 Å². The van der Waals surface area contributed by atoms with Crippen LogP contribution < -0.4 is 10.6 Å². The molecular formula is C20H25F3N4O2S. The van der Waals surface area contributed by atoms with Crippen molar-refractivity contribution in [1.29, 1.82) is 0 Å². The highest BCUT2D eigenvalue weighted by Crippen LogP contribution is 2.29. The van der Waals surface area contributed by atoms with Crippen LogP contribution in [0.4, 0.5) is 13.2 Å². The summed E-state index contributed by atoms with van der Waals surface area (Å²) in [6, 6.07) is 11.6. The Kier molecular flexibility index (Phi) is 7.85. The van der Waals surface area contributed by atoms with Crippen LogP contribution in [0.1, 0.15) is 23.6 Å². The van der Waals surface area contributed by atoms with Gasteiger partial charge in [-0.3, -0.25) is 0 Å². The van der Waals surface area contributed by atoms with Crippen LogP contribution in [0.15, 0.2) is 58.4 Å². The van der Waals surface area contributed by atoms with Crippen LogP contribution in [0, 0.1) is 0 Å². The summed E-state index contributed by atoms with van der Waals surface area (Å²) < 4.78 is 64.8. The fourth-order valence-corrected chi connectivity index (χ4v) is 3.75. The molecule has 0 spiro atoms. The number of aliphatic imine (C=N–C) groups is 1. The van der Waals surface area contributed by atoms with Gasteiger partial charge in [-0.2, -0.15) is 13.2 Å². The van der Waals surface area contributed by atoms with Crippen LogP contribution in [0.25, 0.3) is 0 Å². The summed E-state index contributed by atoms with van der Waals surface area (Å²) in [5.41, 5.74) is 0.240. The zero-order valence-electron chi connectivity index (χ0n) is 17.0. The van der Waals surface area contributed by atoms with Gasteiger partial charge in [0, 0.05) is 27.2 Å². The van der Waals surface area contributed by atoms with Crippen molar-refractivity contribution in [2.45, 2.75) is 31.1 Å². The maximum Gasteiger partial charge on any atom is 0.416 e. The van der Waals surface area contributed by atoms with Crippen molar-refractivity contribution in [2.75, 3.05) is 20.6 Å². The quantitative estimate of drug-likeness (QED) is 0.510. The number of benzene rings is 2. The van der Waals surface area contributed by atoms with Crippen LogP contribution in [-0.2, 0) is 29.3 Å². The van der Waals surface area contributed by atoms with E-state index in [2.05, 4.69) is 15.6 Å². The molecule has 0 saturated heterocycles. The predicted octanol–water partition coefficient (Wildman–Crippen LogP) is 3.21. The van der Waals surface area contributed by atoms with Gasteiger partial charge in [0.2, 0.25) is 10.0 Å². The Balaban J connectivity index is 2.18. The van der Waals surface area contributed by atoms with E-state index in [-0.39, 0.29) is 18.0 Å². The lowest BCUT2D eigenvalue weighted by Gasteiger charge is -2.17. The third-order valence-corrected chi connectivity index (χ3v) is 6.11. The van der Waals surface area contributed by atoms with E-state index in [4.69, 9.17) is 0 Å². The summed E-state index contributed by atoms with van der Waals surface area (Å²) in [5.74, 6) is 0.368. The number of alkyl halides is 3. The van der Waals surface area contributed by atoms with E-state index in [0.717, 1.165) is 16.4 Å². The Morgan fingerprint density at radius 2 is 1.77 bits per heavy atom. The summed E-state index contributed by atoms with van der Waals surface area (Å²) in [5, 5.41) is 6.04. The minimum absolute atomic E-state index is 0.0386. The predicted molar refractivity (Wildman–Crippen MR) is 110 cm³/mol. The molecular weight excluding hydrogens is 417 g/mol. The van der Waals surface area contributed by atoms with Crippen LogP contribution in [0.5, 0.6) is 0 Å². The molecule has 10 heteroatoms. The molecule has 0 saturated carbocycles. The Hall–Kier alpha value is -2.59. The average molecular weight is 443 g/mol. The molecule has 0 fully saturated rings. The van der Waals surface area contributed by atoms with Crippen molar-refractivity contribution in [3.63, 3.8) is 0 Å². The summed E-state index contributed by atoms with van der Waals surface area (Å²) in [6.07, 6.45) is -4.41. The minimum Gasteiger partial charge on any atom is -0.357 e. The Labute approximate surface area is 174 Å². The number of guanidine groups is 1. The van der Waals surface area contributed by atoms with E-state index < -0.39 is 21.8 Å². The SMILES string of the molecule is CCNC(=NCc1cccc(C(F)(F)F)c1)NCc1ccccc1S(=O)(=O)N(C)C. The van der Waals surface area contributed by atoms with Gasteiger partial charge in [0.25, 0.3) is 0 Å². The van der Waals surface area contributed by atoms with E-state index >= 15 is 0 Å². The number of halogens is 3. The fraction of sp³-hybridized carbons (Fsp3) is 0.350. The Morgan fingerprint density at radius 3 is 2.40 bits per heavy atom. The molecule has 0 bridgehead atoms. The van der Waals surface area contributed by atoms with Crippen LogP contribution in [0.3, 0.4) is 0 Å². The zero-order valence-corrected chi connectivity index (χ0v) is 17.8. The van der Waals surface area contributed by atoms with Crippen molar-refractivity contribution in [2.24, 2.45) is 4.99 Å². The molecule has 0 aliphatic carbocycles. The number of nitrogens with zero attached hydrogens (tertiary/aromatic N) is 2. The van der Waals surface area contributed by atoms with Gasteiger partial charge in [-0.25, -0.2) is 17.7 Å². The first-order chi connectivity index (χ1) is 14.1. The molecule has 0 radical (unpaired) electrons. The molecule has 164 valence electrons. The zero-order chi connectivity index (χ0) is 22.4. The van der Waals surface area contributed by atoms with Crippen molar-refractivity contribution in [3.8, 4) is 0 Å². The molecule has 30 heavy (non-hydrogen) atoms. The molecule has 0 amide bonds. The fourth-order valence-electron chi connectivity index (χ4n) is 2.64. The molecule has 0 heterocycles. The molecule has 0 aliphatic heterocycles. The molecule has 0 aliphatic rings. The van der Waals surface area contributed by atoms with E-state index in [9.17, 15) is 21.6 Å². The van der Waals surface area contributed by atoms with Gasteiger partial charge in [0.1, 0.15) is 0 Å².